The topological polar surface area (TPSA) is 67.9 Å². The maximum Gasteiger partial charge on any atom is 0.229 e. The molecule has 3 rings (SSSR count). The van der Waals surface area contributed by atoms with Crippen LogP contribution in [-0.2, 0) is 9.59 Å². The van der Waals surface area contributed by atoms with E-state index in [0.29, 0.717) is 30.3 Å². The molecule has 2 aromatic carbocycles. The second-order valence-corrected chi connectivity index (χ2v) is 6.94. The van der Waals surface area contributed by atoms with Crippen molar-refractivity contribution in [3.63, 3.8) is 0 Å². The molecule has 2 amide bonds. The SMILES string of the molecule is CCCOc1ccc(NC(=O)C2CC(=O)N(c3cc(C)ccc3OC)C2)cc1. The first-order valence-electron chi connectivity index (χ1n) is 9.50. The van der Waals surface area contributed by atoms with Gasteiger partial charge in [-0.05, 0) is 55.3 Å². The van der Waals surface area contributed by atoms with Crippen LogP contribution in [0.1, 0.15) is 25.3 Å². The Kier molecular flexibility index (Phi) is 6.19. The zero-order chi connectivity index (χ0) is 20.1. The molecule has 0 bridgehead atoms. The first-order valence-corrected chi connectivity index (χ1v) is 9.50. The Morgan fingerprint density at radius 2 is 1.96 bits per heavy atom. The average Bonchev–Trinajstić information content (AvgIpc) is 3.09. The van der Waals surface area contributed by atoms with Gasteiger partial charge in [0.25, 0.3) is 0 Å². The third kappa shape index (κ3) is 4.44. The predicted molar refractivity (Wildman–Crippen MR) is 109 cm³/mol. The van der Waals surface area contributed by atoms with Crippen LogP contribution in [0.4, 0.5) is 11.4 Å². The van der Waals surface area contributed by atoms with Gasteiger partial charge in [0.1, 0.15) is 11.5 Å². The summed E-state index contributed by atoms with van der Waals surface area (Å²) >= 11 is 0. The summed E-state index contributed by atoms with van der Waals surface area (Å²) in [5, 5.41) is 2.90. The van der Waals surface area contributed by atoms with Crippen molar-refractivity contribution in [3.05, 3.63) is 48.0 Å². The minimum Gasteiger partial charge on any atom is -0.495 e. The predicted octanol–water partition coefficient (Wildman–Crippen LogP) is 3.78. The lowest BCUT2D eigenvalue weighted by atomic mass is 10.1. The van der Waals surface area contributed by atoms with E-state index in [1.807, 2.05) is 44.2 Å². The standard InChI is InChI=1S/C22H26N2O4/c1-4-11-28-18-8-6-17(7-9-18)23-22(26)16-13-21(25)24(14-16)19-12-15(2)5-10-20(19)27-3/h5-10,12,16H,4,11,13-14H2,1-3H3,(H,23,26). The fraction of sp³-hybridized carbons (Fsp3) is 0.364. The van der Waals surface area contributed by atoms with Crippen LogP contribution in [0.3, 0.4) is 0 Å². The minimum atomic E-state index is -0.409. The fourth-order valence-electron chi connectivity index (χ4n) is 3.23. The smallest absolute Gasteiger partial charge is 0.229 e. The minimum absolute atomic E-state index is 0.0765. The van der Waals surface area contributed by atoms with Crippen LogP contribution in [-0.4, -0.2) is 32.1 Å². The highest BCUT2D eigenvalue weighted by molar-refractivity contribution is 6.04. The molecular weight excluding hydrogens is 356 g/mol. The molecule has 0 radical (unpaired) electrons. The molecule has 0 aliphatic carbocycles. The molecule has 28 heavy (non-hydrogen) atoms. The van der Waals surface area contributed by atoms with E-state index < -0.39 is 5.92 Å². The summed E-state index contributed by atoms with van der Waals surface area (Å²) in [6, 6.07) is 13.0. The number of amides is 2. The molecule has 1 fully saturated rings. The third-order valence-electron chi connectivity index (χ3n) is 4.72. The molecule has 1 unspecified atom stereocenters. The van der Waals surface area contributed by atoms with E-state index in [1.165, 1.54) is 0 Å². The Bertz CT molecular complexity index is 848. The van der Waals surface area contributed by atoms with Gasteiger partial charge in [-0.3, -0.25) is 9.59 Å². The number of hydrogen-bond acceptors (Lipinski definition) is 4. The van der Waals surface area contributed by atoms with Crippen molar-refractivity contribution < 1.29 is 19.1 Å². The highest BCUT2D eigenvalue weighted by Gasteiger charge is 2.36. The summed E-state index contributed by atoms with van der Waals surface area (Å²) in [4.78, 5) is 26.8. The molecule has 0 spiro atoms. The van der Waals surface area contributed by atoms with Gasteiger partial charge in [0.15, 0.2) is 0 Å². The van der Waals surface area contributed by atoms with Crippen molar-refractivity contribution >= 4 is 23.2 Å². The molecule has 1 N–H and O–H groups in total. The van der Waals surface area contributed by atoms with Gasteiger partial charge >= 0.3 is 0 Å². The highest BCUT2D eigenvalue weighted by atomic mass is 16.5. The number of nitrogens with one attached hydrogen (secondary N) is 1. The van der Waals surface area contributed by atoms with E-state index in [1.54, 1.807) is 24.1 Å². The fourth-order valence-corrected chi connectivity index (χ4v) is 3.23. The first kappa shape index (κ1) is 19.7. The summed E-state index contributed by atoms with van der Waals surface area (Å²) in [6.45, 7) is 5.00. The highest BCUT2D eigenvalue weighted by Crippen LogP contribution is 2.34. The number of rotatable bonds is 7. The normalized spacial score (nSPS) is 16.2. The Balaban J connectivity index is 1.66. The van der Waals surface area contributed by atoms with Crippen molar-refractivity contribution in [2.75, 3.05) is 30.5 Å². The van der Waals surface area contributed by atoms with Crippen molar-refractivity contribution in [2.45, 2.75) is 26.7 Å². The van der Waals surface area contributed by atoms with Gasteiger partial charge in [-0.25, -0.2) is 0 Å². The van der Waals surface area contributed by atoms with Crippen LogP contribution >= 0.6 is 0 Å². The van der Waals surface area contributed by atoms with Gasteiger partial charge < -0.3 is 19.7 Å². The number of ether oxygens (including phenoxy) is 2. The second kappa shape index (κ2) is 8.78. The first-order chi connectivity index (χ1) is 13.5. The number of hydrogen-bond donors (Lipinski definition) is 1. The van der Waals surface area contributed by atoms with Gasteiger partial charge in [0, 0.05) is 18.7 Å². The van der Waals surface area contributed by atoms with Gasteiger partial charge in [-0.15, -0.1) is 0 Å². The molecule has 6 nitrogen and oxygen atoms in total. The van der Waals surface area contributed by atoms with E-state index in [9.17, 15) is 9.59 Å². The van der Waals surface area contributed by atoms with Crippen LogP contribution in [0.2, 0.25) is 0 Å². The summed E-state index contributed by atoms with van der Waals surface area (Å²) in [7, 11) is 1.58. The molecule has 1 aliphatic heterocycles. The van der Waals surface area contributed by atoms with Gasteiger partial charge in [-0.1, -0.05) is 13.0 Å². The lowest BCUT2D eigenvalue weighted by molar-refractivity contribution is -0.122. The Hall–Kier alpha value is -3.02. The number of aryl methyl sites for hydroxylation is 1. The zero-order valence-corrected chi connectivity index (χ0v) is 16.5. The molecule has 148 valence electrons. The number of anilines is 2. The average molecular weight is 382 g/mol. The number of benzene rings is 2. The molecular formula is C22H26N2O4. The van der Waals surface area contributed by atoms with Crippen molar-refractivity contribution in [2.24, 2.45) is 5.92 Å². The Morgan fingerprint density at radius 3 is 2.64 bits per heavy atom. The summed E-state index contributed by atoms with van der Waals surface area (Å²) in [5.74, 6) is 0.752. The van der Waals surface area contributed by atoms with Gasteiger partial charge in [0.2, 0.25) is 11.8 Å². The lowest BCUT2D eigenvalue weighted by Crippen LogP contribution is -2.28. The molecule has 1 saturated heterocycles. The number of carbonyl (C=O) groups excluding carboxylic acids is 2. The van der Waals surface area contributed by atoms with Crippen LogP contribution < -0.4 is 19.7 Å². The number of carbonyl (C=O) groups is 2. The lowest BCUT2D eigenvalue weighted by Gasteiger charge is -2.20. The maximum atomic E-state index is 12.7. The van der Waals surface area contributed by atoms with E-state index in [-0.39, 0.29) is 18.2 Å². The molecule has 1 atom stereocenters. The van der Waals surface area contributed by atoms with Crippen molar-refractivity contribution in [1.29, 1.82) is 0 Å². The molecule has 2 aromatic rings. The quantitative estimate of drug-likeness (QED) is 0.791. The summed E-state index contributed by atoms with van der Waals surface area (Å²) in [6.07, 6.45) is 1.12. The summed E-state index contributed by atoms with van der Waals surface area (Å²) in [5.41, 5.74) is 2.43. The van der Waals surface area contributed by atoms with E-state index in [2.05, 4.69) is 5.32 Å². The monoisotopic (exact) mass is 382 g/mol. The number of nitrogens with zero attached hydrogens (tertiary/aromatic N) is 1. The zero-order valence-electron chi connectivity index (χ0n) is 16.5. The van der Waals surface area contributed by atoms with Crippen molar-refractivity contribution in [3.8, 4) is 11.5 Å². The maximum absolute atomic E-state index is 12.7. The molecule has 0 aromatic heterocycles. The van der Waals surface area contributed by atoms with Crippen LogP contribution in [0, 0.1) is 12.8 Å². The second-order valence-electron chi connectivity index (χ2n) is 6.94. The Morgan fingerprint density at radius 1 is 1.21 bits per heavy atom. The molecule has 0 saturated carbocycles. The molecule has 6 heteroatoms. The van der Waals surface area contributed by atoms with Crippen LogP contribution in [0.15, 0.2) is 42.5 Å². The van der Waals surface area contributed by atoms with Gasteiger partial charge in [0.05, 0.1) is 25.3 Å². The largest absolute Gasteiger partial charge is 0.495 e. The van der Waals surface area contributed by atoms with E-state index >= 15 is 0 Å². The third-order valence-corrected chi connectivity index (χ3v) is 4.72. The van der Waals surface area contributed by atoms with Crippen LogP contribution in [0.5, 0.6) is 11.5 Å². The van der Waals surface area contributed by atoms with Crippen LogP contribution in [0.25, 0.3) is 0 Å². The summed E-state index contributed by atoms with van der Waals surface area (Å²) < 4.78 is 10.9. The van der Waals surface area contributed by atoms with E-state index in [0.717, 1.165) is 17.7 Å². The molecule has 1 heterocycles. The molecule has 1 aliphatic rings. The van der Waals surface area contributed by atoms with Gasteiger partial charge in [-0.2, -0.15) is 0 Å². The van der Waals surface area contributed by atoms with E-state index in [4.69, 9.17) is 9.47 Å². The number of methoxy groups -OCH3 is 1. The van der Waals surface area contributed by atoms with Crippen molar-refractivity contribution in [1.82, 2.24) is 0 Å². The Labute approximate surface area is 165 Å².